The Hall–Kier alpha value is -3.12. The molecule has 3 aromatic rings. The van der Waals surface area contributed by atoms with Crippen molar-refractivity contribution in [1.82, 2.24) is 5.32 Å². The first-order valence-electron chi connectivity index (χ1n) is 9.35. The summed E-state index contributed by atoms with van der Waals surface area (Å²) in [4.78, 5) is 37.3. The number of ether oxygens (including phenoxy) is 1. The van der Waals surface area contributed by atoms with Crippen LogP contribution in [0.2, 0.25) is 0 Å². The van der Waals surface area contributed by atoms with Crippen LogP contribution in [0.5, 0.6) is 0 Å². The molecule has 0 bridgehead atoms. The number of likely N-dealkylation sites (N-methyl/N-ethyl adjacent to an activating group) is 1. The molecule has 0 aromatic heterocycles. The molecular weight excluding hydrogens is 386 g/mol. The van der Waals surface area contributed by atoms with Crippen molar-refractivity contribution in [3.63, 3.8) is 0 Å². The minimum Gasteiger partial charge on any atom is -0.455 e. The Morgan fingerprint density at radius 2 is 1.69 bits per heavy atom. The Morgan fingerprint density at radius 3 is 2.48 bits per heavy atom. The van der Waals surface area contributed by atoms with E-state index in [1.165, 1.54) is 11.8 Å². The average Bonchev–Trinajstić information content (AvgIpc) is 2.75. The molecule has 0 unspecified atom stereocenters. The van der Waals surface area contributed by atoms with E-state index in [0.717, 1.165) is 26.8 Å². The Kier molecular flexibility index (Phi) is 5.36. The van der Waals surface area contributed by atoms with E-state index in [1.807, 2.05) is 54.6 Å². The van der Waals surface area contributed by atoms with Crippen molar-refractivity contribution in [3.8, 4) is 11.1 Å². The van der Waals surface area contributed by atoms with E-state index in [2.05, 4.69) is 5.32 Å². The summed E-state index contributed by atoms with van der Waals surface area (Å²) >= 11 is 1.34. The summed E-state index contributed by atoms with van der Waals surface area (Å²) in [6.07, 6.45) is 0. The summed E-state index contributed by atoms with van der Waals surface area (Å²) in [5, 5.41) is 4.43. The lowest BCUT2D eigenvalue weighted by Crippen LogP contribution is -2.28. The van der Waals surface area contributed by atoms with E-state index < -0.39 is 5.97 Å². The summed E-state index contributed by atoms with van der Waals surface area (Å²) in [7, 11) is 0. The third-order valence-electron chi connectivity index (χ3n) is 4.79. The number of fused-ring (bicyclic) bond motifs is 2. The summed E-state index contributed by atoms with van der Waals surface area (Å²) in [5.41, 5.74) is 3.34. The Labute approximate surface area is 172 Å². The van der Waals surface area contributed by atoms with Gasteiger partial charge in [-0.1, -0.05) is 48.5 Å². The van der Waals surface area contributed by atoms with Gasteiger partial charge >= 0.3 is 5.97 Å². The molecule has 3 aromatic carbocycles. The van der Waals surface area contributed by atoms with Gasteiger partial charge in [-0.2, -0.15) is 0 Å². The zero-order valence-corrected chi connectivity index (χ0v) is 16.7. The number of hydrogen-bond acceptors (Lipinski definition) is 5. The lowest BCUT2D eigenvalue weighted by molar-refractivity contribution is -0.145. The van der Waals surface area contributed by atoms with Crippen molar-refractivity contribution >= 4 is 40.2 Å². The standard InChI is InChI=1S/C23H19NO4S/c1-2-24-20(25)12-28-21(26)13-29-19-11-10-15-14-6-3-4-7-16(14)23(27)18-9-5-8-17(19)22(15)18/h3-11H,2,12-13H2,1H3,(H,24,25). The molecule has 1 aliphatic rings. The van der Waals surface area contributed by atoms with Crippen LogP contribution in [0.15, 0.2) is 59.5 Å². The number of ketones is 1. The van der Waals surface area contributed by atoms with Crippen molar-refractivity contribution in [2.75, 3.05) is 18.9 Å². The minimum atomic E-state index is -0.455. The van der Waals surface area contributed by atoms with E-state index in [1.54, 1.807) is 6.92 Å². The van der Waals surface area contributed by atoms with Crippen molar-refractivity contribution in [2.24, 2.45) is 0 Å². The van der Waals surface area contributed by atoms with Gasteiger partial charge in [0, 0.05) is 28.0 Å². The van der Waals surface area contributed by atoms with Crippen molar-refractivity contribution in [3.05, 3.63) is 65.7 Å². The first kappa shape index (κ1) is 19.2. The van der Waals surface area contributed by atoms with Gasteiger partial charge in [0.05, 0.1) is 5.75 Å². The molecule has 0 radical (unpaired) electrons. The molecule has 1 amide bonds. The second-order valence-electron chi connectivity index (χ2n) is 6.62. The molecule has 6 heteroatoms. The highest BCUT2D eigenvalue weighted by Gasteiger charge is 2.25. The predicted molar refractivity (Wildman–Crippen MR) is 113 cm³/mol. The van der Waals surface area contributed by atoms with E-state index in [-0.39, 0.29) is 24.1 Å². The fourth-order valence-corrected chi connectivity index (χ4v) is 4.40. The van der Waals surface area contributed by atoms with Crippen LogP contribution in [-0.2, 0) is 14.3 Å². The quantitative estimate of drug-likeness (QED) is 0.390. The smallest absolute Gasteiger partial charge is 0.316 e. The summed E-state index contributed by atoms with van der Waals surface area (Å²) in [5.74, 6) is -0.669. The molecule has 29 heavy (non-hydrogen) atoms. The van der Waals surface area contributed by atoms with Crippen LogP contribution in [0.4, 0.5) is 0 Å². The molecule has 0 saturated heterocycles. The molecule has 0 spiro atoms. The first-order valence-corrected chi connectivity index (χ1v) is 10.3. The van der Waals surface area contributed by atoms with Gasteiger partial charge in [0.2, 0.25) is 0 Å². The molecule has 1 aliphatic carbocycles. The van der Waals surface area contributed by atoms with Crippen molar-refractivity contribution in [2.45, 2.75) is 11.8 Å². The molecule has 0 saturated carbocycles. The van der Waals surface area contributed by atoms with Gasteiger partial charge in [0.15, 0.2) is 12.4 Å². The molecule has 1 N–H and O–H groups in total. The van der Waals surface area contributed by atoms with Crippen LogP contribution in [0.1, 0.15) is 22.8 Å². The van der Waals surface area contributed by atoms with Gasteiger partial charge in [-0.15, -0.1) is 11.8 Å². The third kappa shape index (κ3) is 3.63. The monoisotopic (exact) mass is 405 g/mol. The Morgan fingerprint density at radius 1 is 0.931 bits per heavy atom. The largest absolute Gasteiger partial charge is 0.455 e. The van der Waals surface area contributed by atoms with Gasteiger partial charge in [0.1, 0.15) is 0 Å². The molecule has 5 nitrogen and oxygen atoms in total. The highest BCUT2D eigenvalue weighted by Crippen LogP contribution is 2.42. The van der Waals surface area contributed by atoms with Gasteiger partial charge in [-0.3, -0.25) is 14.4 Å². The summed E-state index contributed by atoms with van der Waals surface area (Å²) in [6, 6.07) is 17.3. The van der Waals surface area contributed by atoms with Crippen molar-refractivity contribution < 1.29 is 19.1 Å². The van der Waals surface area contributed by atoms with Gasteiger partial charge < -0.3 is 10.1 Å². The van der Waals surface area contributed by atoms with Gasteiger partial charge in [-0.05, 0) is 29.5 Å². The number of esters is 1. The summed E-state index contributed by atoms with van der Waals surface area (Å²) in [6.45, 7) is 2.02. The molecule has 0 fully saturated rings. The highest BCUT2D eigenvalue weighted by molar-refractivity contribution is 8.00. The van der Waals surface area contributed by atoms with E-state index in [4.69, 9.17) is 4.74 Å². The fraction of sp³-hybridized carbons (Fsp3) is 0.174. The molecule has 146 valence electrons. The Balaban J connectivity index is 1.61. The first-order chi connectivity index (χ1) is 14.1. The topological polar surface area (TPSA) is 72.5 Å². The van der Waals surface area contributed by atoms with Crippen molar-refractivity contribution in [1.29, 1.82) is 0 Å². The van der Waals surface area contributed by atoms with E-state index in [0.29, 0.717) is 17.7 Å². The minimum absolute atomic E-state index is 0.0159. The van der Waals surface area contributed by atoms with Crippen LogP contribution in [-0.4, -0.2) is 36.6 Å². The molecular formula is C23H19NO4S. The fourth-order valence-electron chi connectivity index (χ4n) is 3.55. The Bertz CT molecular complexity index is 1140. The maximum Gasteiger partial charge on any atom is 0.316 e. The van der Waals surface area contributed by atoms with Crippen LogP contribution in [0.3, 0.4) is 0 Å². The lowest BCUT2D eigenvalue weighted by Gasteiger charge is -2.21. The zero-order valence-electron chi connectivity index (χ0n) is 15.9. The molecule has 0 heterocycles. The summed E-state index contributed by atoms with van der Waals surface area (Å²) < 4.78 is 5.01. The second kappa shape index (κ2) is 8.09. The number of nitrogens with one attached hydrogen (secondary N) is 1. The number of hydrogen-bond donors (Lipinski definition) is 1. The predicted octanol–water partition coefficient (Wildman–Crippen LogP) is 3.82. The number of carbonyl (C=O) groups excluding carboxylic acids is 3. The molecule has 0 aliphatic heterocycles. The number of amides is 1. The molecule has 0 atom stereocenters. The highest BCUT2D eigenvalue weighted by atomic mass is 32.2. The second-order valence-corrected chi connectivity index (χ2v) is 7.63. The van der Waals surface area contributed by atoms with Gasteiger partial charge in [0.25, 0.3) is 5.91 Å². The number of rotatable bonds is 6. The lowest BCUT2D eigenvalue weighted by atomic mass is 9.83. The third-order valence-corrected chi connectivity index (χ3v) is 5.84. The number of carbonyl (C=O) groups is 3. The normalized spacial score (nSPS) is 11.8. The van der Waals surface area contributed by atoms with Crippen LogP contribution < -0.4 is 5.32 Å². The van der Waals surface area contributed by atoms with Crippen LogP contribution in [0, 0.1) is 0 Å². The van der Waals surface area contributed by atoms with E-state index in [9.17, 15) is 14.4 Å². The molecule has 4 rings (SSSR count). The maximum absolute atomic E-state index is 13.0. The SMILES string of the molecule is CCNC(=O)COC(=O)CSc1ccc2c3c(cccc13)C(=O)c1ccccc1-2. The van der Waals surface area contributed by atoms with E-state index >= 15 is 0 Å². The van der Waals surface area contributed by atoms with Gasteiger partial charge in [-0.25, -0.2) is 0 Å². The maximum atomic E-state index is 13.0. The number of thioether (sulfide) groups is 1. The number of benzene rings is 3. The van der Waals surface area contributed by atoms with Crippen LogP contribution >= 0.6 is 11.8 Å². The average molecular weight is 405 g/mol. The zero-order chi connectivity index (χ0) is 20.4. The van der Waals surface area contributed by atoms with Crippen LogP contribution in [0.25, 0.3) is 21.9 Å².